The number of sulfonamides is 1. The number of fused-ring (bicyclic) bond motifs is 1. The average Bonchev–Trinajstić information content (AvgIpc) is 2.81. The Morgan fingerprint density at radius 3 is 2.38 bits per heavy atom. The van der Waals surface area contributed by atoms with Gasteiger partial charge in [0, 0.05) is 10.4 Å². The number of carbonyl (C=O) groups excluding carboxylic acids is 1. The number of aryl methyl sites for hydroxylation is 1. The maximum absolute atomic E-state index is 14.0. The standard InChI is InChI=1S/C26H22Cl2N2O3S/c1-17-7-5-11-24(18(17)2)30(16-26(31)29-23-14-13-20(27)15-22(23)28)34(32,33)25-12-6-9-19-8-3-4-10-21(19)25/h3-15H,16H2,1-2H3,(H,29,31). The molecule has 0 saturated carbocycles. The number of hydrogen-bond acceptors (Lipinski definition) is 3. The SMILES string of the molecule is Cc1cccc(N(CC(=O)Nc2ccc(Cl)cc2Cl)S(=O)(=O)c2cccc3ccccc23)c1C. The van der Waals surface area contributed by atoms with Crippen LogP contribution in [0, 0.1) is 13.8 Å². The van der Waals surface area contributed by atoms with E-state index in [2.05, 4.69) is 5.32 Å². The first kappa shape index (κ1) is 24.1. The van der Waals surface area contributed by atoms with E-state index in [1.54, 1.807) is 48.5 Å². The van der Waals surface area contributed by atoms with E-state index in [1.807, 2.05) is 38.1 Å². The number of carbonyl (C=O) groups is 1. The molecule has 0 spiro atoms. The molecule has 0 saturated heterocycles. The van der Waals surface area contributed by atoms with E-state index in [0.29, 0.717) is 21.8 Å². The molecule has 0 atom stereocenters. The zero-order valence-corrected chi connectivity index (χ0v) is 20.9. The summed E-state index contributed by atoms with van der Waals surface area (Å²) in [4.78, 5) is 13.2. The summed E-state index contributed by atoms with van der Waals surface area (Å²) in [5, 5.41) is 4.76. The lowest BCUT2D eigenvalue weighted by atomic mass is 10.1. The third-order valence-corrected chi connectivity index (χ3v) is 8.02. The lowest BCUT2D eigenvalue weighted by molar-refractivity contribution is -0.114. The highest BCUT2D eigenvalue weighted by atomic mass is 35.5. The molecule has 0 aliphatic rings. The average molecular weight is 513 g/mol. The van der Waals surface area contributed by atoms with E-state index in [4.69, 9.17) is 23.2 Å². The van der Waals surface area contributed by atoms with Crippen LogP contribution in [0.25, 0.3) is 10.8 Å². The molecule has 0 heterocycles. The van der Waals surface area contributed by atoms with Crippen molar-refractivity contribution in [1.82, 2.24) is 0 Å². The Morgan fingerprint density at radius 2 is 1.62 bits per heavy atom. The first-order chi connectivity index (χ1) is 16.2. The number of rotatable bonds is 6. The monoisotopic (exact) mass is 512 g/mol. The molecule has 1 N–H and O–H groups in total. The second-order valence-electron chi connectivity index (χ2n) is 7.88. The minimum absolute atomic E-state index is 0.129. The fraction of sp³-hybridized carbons (Fsp3) is 0.115. The van der Waals surface area contributed by atoms with Crippen LogP contribution in [0.1, 0.15) is 11.1 Å². The van der Waals surface area contributed by atoms with E-state index in [1.165, 1.54) is 6.07 Å². The Morgan fingerprint density at radius 1 is 0.912 bits per heavy atom. The lowest BCUT2D eigenvalue weighted by Crippen LogP contribution is -2.38. The molecule has 0 aliphatic heterocycles. The summed E-state index contributed by atoms with van der Waals surface area (Å²) in [7, 11) is -4.11. The van der Waals surface area contributed by atoms with E-state index in [-0.39, 0.29) is 9.92 Å². The van der Waals surface area contributed by atoms with Crippen LogP contribution in [0.2, 0.25) is 10.0 Å². The molecular formula is C26H22Cl2N2O3S. The van der Waals surface area contributed by atoms with Crippen molar-refractivity contribution < 1.29 is 13.2 Å². The van der Waals surface area contributed by atoms with Gasteiger partial charge in [0.15, 0.2) is 0 Å². The smallest absolute Gasteiger partial charge is 0.265 e. The highest BCUT2D eigenvalue weighted by molar-refractivity contribution is 7.93. The van der Waals surface area contributed by atoms with E-state index in [9.17, 15) is 13.2 Å². The Bertz CT molecular complexity index is 1500. The number of hydrogen-bond donors (Lipinski definition) is 1. The van der Waals surface area contributed by atoms with Gasteiger partial charge in [0.1, 0.15) is 6.54 Å². The van der Waals surface area contributed by atoms with Gasteiger partial charge < -0.3 is 5.32 Å². The summed E-state index contributed by atoms with van der Waals surface area (Å²) in [5.41, 5.74) is 2.46. The highest BCUT2D eigenvalue weighted by Gasteiger charge is 2.30. The van der Waals surface area contributed by atoms with Crippen LogP contribution in [0.5, 0.6) is 0 Å². The summed E-state index contributed by atoms with van der Waals surface area (Å²) in [6.45, 7) is 3.30. The minimum Gasteiger partial charge on any atom is -0.323 e. The van der Waals surface area contributed by atoms with Crippen LogP contribution < -0.4 is 9.62 Å². The molecule has 5 nitrogen and oxygen atoms in total. The van der Waals surface area contributed by atoms with Gasteiger partial charge >= 0.3 is 0 Å². The second kappa shape index (κ2) is 9.66. The predicted octanol–water partition coefficient (Wildman–Crippen LogP) is 6.60. The van der Waals surface area contributed by atoms with Crippen LogP contribution in [-0.2, 0) is 14.8 Å². The van der Waals surface area contributed by atoms with Gasteiger partial charge in [-0.3, -0.25) is 9.10 Å². The third kappa shape index (κ3) is 4.75. The summed E-state index contributed by atoms with van der Waals surface area (Å²) in [6.07, 6.45) is 0. The van der Waals surface area contributed by atoms with Crippen molar-refractivity contribution in [2.24, 2.45) is 0 Å². The molecule has 4 aromatic rings. The fourth-order valence-electron chi connectivity index (χ4n) is 3.76. The van der Waals surface area contributed by atoms with Gasteiger partial charge in [-0.2, -0.15) is 0 Å². The van der Waals surface area contributed by atoms with Crippen molar-refractivity contribution >= 4 is 61.3 Å². The van der Waals surface area contributed by atoms with Gasteiger partial charge in [0.05, 0.1) is 21.3 Å². The van der Waals surface area contributed by atoms with Crippen LogP contribution in [-0.4, -0.2) is 20.9 Å². The van der Waals surface area contributed by atoms with E-state index >= 15 is 0 Å². The number of amides is 1. The molecule has 174 valence electrons. The van der Waals surface area contributed by atoms with Gasteiger partial charge in [-0.1, -0.05) is 71.7 Å². The molecule has 4 aromatic carbocycles. The minimum atomic E-state index is -4.11. The number of nitrogens with one attached hydrogen (secondary N) is 1. The first-order valence-electron chi connectivity index (χ1n) is 10.5. The van der Waals surface area contributed by atoms with Crippen LogP contribution in [0.15, 0.2) is 83.8 Å². The Kier molecular flexibility index (Phi) is 6.84. The predicted molar refractivity (Wildman–Crippen MR) is 139 cm³/mol. The number of benzene rings is 4. The van der Waals surface area contributed by atoms with Crippen molar-refractivity contribution in [2.45, 2.75) is 18.7 Å². The Labute approximate surface area is 209 Å². The quantitative estimate of drug-likeness (QED) is 0.316. The Hall–Kier alpha value is -3.06. The van der Waals surface area contributed by atoms with Crippen LogP contribution >= 0.6 is 23.2 Å². The Balaban J connectivity index is 1.80. The first-order valence-corrected chi connectivity index (χ1v) is 12.7. The van der Waals surface area contributed by atoms with Crippen LogP contribution in [0.4, 0.5) is 11.4 Å². The molecule has 0 aromatic heterocycles. The van der Waals surface area contributed by atoms with Gasteiger partial charge in [0.25, 0.3) is 10.0 Å². The normalized spacial score (nSPS) is 11.4. The largest absolute Gasteiger partial charge is 0.323 e. The highest BCUT2D eigenvalue weighted by Crippen LogP contribution is 2.32. The van der Waals surface area contributed by atoms with Crippen molar-refractivity contribution in [1.29, 1.82) is 0 Å². The van der Waals surface area contributed by atoms with Gasteiger partial charge in [0.2, 0.25) is 5.91 Å². The molecule has 0 unspecified atom stereocenters. The van der Waals surface area contributed by atoms with E-state index in [0.717, 1.165) is 20.8 Å². The van der Waals surface area contributed by atoms with Crippen LogP contribution in [0.3, 0.4) is 0 Å². The summed E-state index contributed by atoms with van der Waals surface area (Å²) >= 11 is 12.1. The molecule has 1 amide bonds. The molecule has 0 fully saturated rings. The maximum atomic E-state index is 14.0. The van der Waals surface area contributed by atoms with Crippen molar-refractivity contribution in [3.05, 3.63) is 100 Å². The molecule has 8 heteroatoms. The molecule has 34 heavy (non-hydrogen) atoms. The molecule has 0 aliphatic carbocycles. The topological polar surface area (TPSA) is 66.5 Å². The second-order valence-corrected chi connectivity index (χ2v) is 10.6. The molecular weight excluding hydrogens is 491 g/mol. The summed E-state index contributed by atoms with van der Waals surface area (Å²) < 4.78 is 29.2. The summed E-state index contributed by atoms with van der Waals surface area (Å²) in [6, 6.07) is 22.4. The zero-order valence-electron chi connectivity index (χ0n) is 18.5. The van der Waals surface area contributed by atoms with Crippen molar-refractivity contribution in [3.8, 4) is 0 Å². The summed E-state index contributed by atoms with van der Waals surface area (Å²) in [5.74, 6) is -0.533. The number of halogens is 2. The lowest BCUT2D eigenvalue weighted by Gasteiger charge is -2.27. The maximum Gasteiger partial charge on any atom is 0.265 e. The van der Waals surface area contributed by atoms with Crippen molar-refractivity contribution in [3.63, 3.8) is 0 Å². The number of nitrogens with zero attached hydrogens (tertiary/aromatic N) is 1. The molecule has 4 rings (SSSR count). The van der Waals surface area contributed by atoms with Gasteiger partial charge in [-0.25, -0.2) is 8.42 Å². The van der Waals surface area contributed by atoms with Crippen molar-refractivity contribution in [2.75, 3.05) is 16.2 Å². The van der Waals surface area contributed by atoms with E-state index < -0.39 is 22.5 Å². The van der Waals surface area contributed by atoms with Gasteiger partial charge in [-0.05, 0) is 60.7 Å². The zero-order chi connectivity index (χ0) is 24.5. The van der Waals surface area contributed by atoms with Gasteiger partial charge in [-0.15, -0.1) is 0 Å². The fourth-order valence-corrected chi connectivity index (χ4v) is 5.91. The third-order valence-electron chi connectivity index (χ3n) is 5.65. The molecule has 0 bridgehead atoms. The number of anilines is 2. The molecule has 0 radical (unpaired) electrons.